The zero-order chi connectivity index (χ0) is 11.4. The van der Waals surface area contributed by atoms with Gasteiger partial charge in [-0.1, -0.05) is 19.8 Å². The Morgan fingerprint density at radius 3 is 2.25 bits per heavy atom. The van der Waals surface area contributed by atoms with Gasteiger partial charge in [0.15, 0.2) is 0 Å². The summed E-state index contributed by atoms with van der Waals surface area (Å²) in [6.07, 6.45) is 5.68. The van der Waals surface area contributed by atoms with Crippen molar-refractivity contribution in [2.45, 2.75) is 38.6 Å². The van der Waals surface area contributed by atoms with Crippen molar-refractivity contribution in [3.63, 3.8) is 0 Å². The van der Waals surface area contributed by atoms with Crippen molar-refractivity contribution in [3.8, 4) is 0 Å². The summed E-state index contributed by atoms with van der Waals surface area (Å²) in [4.78, 5) is 5.20. The van der Waals surface area contributed by atoms with E-state index in [4.69, 9.17) is 5.73 Å². The summed E-state index contributed by atoms with van der Waals surface area (Å²) < 4.78 is 0. The Balaban J connectivity index is 1.85. The van der Waals surface area contributed by atoms with E-state index in [1.165, 1.54) is 58.4 Å². The first-order valence-corrected chi connectivity index (χ1v) is 7.01. The van der Waals surface area contributed by atoms with Gasteiger partial charge < -0.3 is 10.6 Å². The van der Waals surface area contributed by atoms with Crippen LogP contribution in [0.4, 0.5) is 0 Å². The molecule has 1 saturated carbocycles. The molecule has 16 heavy (non-hydrogen) atoms. The molecule has 3 nitrogen and oxygen atoms in total. The fraction of sp³-hybridized carbons (Fsp3) is 1.00. The van der Waals surface area contributed by atoms with Gasteiger partial charge in [0.2, 0.25) is 0 Å². The lowest BCUT2D eigenvalue weighted by Crippen LogP contribution is -2.54. The van der Waals surface area contributed by atoms with E-state index in [9.17, 15) is 0 Å². The number of hydrogen-bond donors (Lipinski definition) is 1. The molecule has 0 aromatic carbocycles. The number of nitrogens with zero attached hydrogens (tertiary/aromatic N) is 2. The molecule has 3 heteroatoms. The van der Waals surface area contributed by atoms with E-state index in [0.29, 0.717) is 6.04 Å². The summed E-state index contributed by atoms with van der Waals surface area (Å²) in [7, 11) is 0. The van der Waals surface area contributed by atoms with Gasteiger partial charge in [0.1, 0.15) is 0 Å². The van der Waals surface area contributed by atoms with E-state index < -0.39 is 0 Å². The molecule has 1 atom stereocenters. The van der Waals surface area contributed by atoms with E-state index >= 15 is 0 Å². The fourth-order valence-corrected chi connectivity index (χ4v) is 3.39. The monoisotopic (exact) mass is 225 g/mol. The summed E-state index contributed by atoms with van der Waals surface area (Å²) in [5.41, 5.74) is 6.00. The number of piperazine rings is 1. The lowest BCUT2D eigenvalue weighted by molar-refractivity contribution is 0.0762. The molecule has 2 N–H and O–H groups in total. The topological polar surface area (TPSA) is 32.5 Å². The second-order valence-electron chi connectivity index (χ2n) is 5.32. The summed E-state index contributed by atoms with van der Waals surface area (Å²) in [5.74, 6) is 0.887. The van der Waals surface area contributed by atoms with Crippen molar-refractivity contribution >= 4 is 0 Å². The summed E-state index contributed by atoms with van der Waals surface area (Å²) in [6.45, 7) is 9.24. The third-order valence-electron chi connectivity index (χ3n) is 4.51. The first-order chi connectivity index (χ1) is 7.85. The molecule has 2 rings (SSSR count). The van der Waals surface area contributed by atoms with Crippen LogP contribution in [-0.2, 0) is 0 Å². The van der Waals surface area contributed by atoms with Crippen LogP contribution in [0, 0.1) is 5.92 Å². The number of hydrogen-bond acceptors (Lipinski definition) is 3. The minimum absolute atomic E-state index is 0.668. The molecule has 0 aromatic rings. The Labute approximate surface area is 100.0 Å². The molecule has 94 valence electrons. The molecule has 0 aromatic heterocycles. The van der Waals surface area contributed by atoms with Gasteiger partial charge in [-0.15, -0.1) is 0 Å². The summed E-state index contributed by atoms with van der Waals surface area (Å²) in [5, 5.41) is 0. The number of rotatable bonds is 4. The molecule has 0 spiro atoms. The van der Waals surface area contributed by atoms with E-state index in [0.717, 1.165) is 12.5 Å². The van der Waals surface area contributed by atoms with Crippen molar-refractivity contribution in [1.29, 1.82) is 0 Å². The van der Waals surface area contributed by atoms with Crippen LogP contribution in [0.15, 0.2) is 0 Å². The minimum atomic E-state index is 0.668. The molecule has 1 aliphatic carbocycles. The van der Waals surface area contributed by atoms with Crippen molar-refractivity contribution in [1.82, 2.24) is 9.80 Å². The zero-order valence-corrected chi connectivity index (χ0v) is 10.7. The molecule has 1 unspecified atom stereocenters. The largest absolute Gasteiger partial charge is 0.329 e. The van der Waals surface area contributed by atoms with Gasteiger partial charge in [-0.3, -0.25) is 4.90 Å². The van der Waals surface area contributed by atoms with Crippen LogP contribution in [0.25, 0.3) is 0 Å². The van der Waals surface area contributed by atoms with Gasteiger partial charge in [-0.25, -0.2) is 0 Å². The van der Waals surface area contributed by atoms with E-state index in [1.54, 1.807) is 0 Å². The Hall–Kier alpha value is -0.120. The smallest absolute Gasteiger partial charge is 0.0247 e. The molecular weight excluding hydrogens is 198 g/mol. The van der Waals surface area contributed by atoms with Gasteiger partial charge in [-0.2, -0.15) is 0 Å². The highest BCUT2D eigenvalue weighted by Crippen LogP contribution is 2.30. The highest BCUT2D eigenvalue weighted by molar-refractivity contribution is 4.86. The van der Waals surface area contributed by atoms with Gasteiger partial charge in [0.05, 0.1) is 0 Å². The van der Waals surface area contributed by atoms with Gasteiger partial charge in [-0.05, 0) is 25.3 Å². The summed E-state index contributed by atoms with van der Waals surface area (Å²) >= 11 is 0. The maximum absolute atomic E-state index is 6.00. The Morgan fingerprint density at radius 2 is 1.75 bits per heavy atom. The first-order valence-electron chi connectivity index (χ1n) is 7.01. The maximum atomic E-state index is 6.00. The van der Waals surface area contributed by atoms with Crippen LogP contribution in [0.5, 0.6) is 0 Å². The highest BCUT2D eigenvalue weighted by Gasteiger charge is 2.30. The van der Waals surface area contributed by atoms with Crippen LogP contribution >= 0.6 is 0 Å². The van der Waals surface area contributed by atoms with Gasteiger partial charge >= 0.3 is 0 Å². The zero-order valence-electron chi connectivity index (χ0n) is 10.7. The molecule has 2 fully saturated rings. The van der Waals surface area contributed by atoms with Crippen molar-refractivity contribution in [2.24, 2.45) is 11.7 Å². The Bertz CT molecular complexity index is 193. The maximum Gasteiger partial charge on any atom is 0.0247 e. The SMILES string of the molecule is CCN1CCN(C(CN)C2CCCC2)CC1. The normalized spacial score (nSPS) is 27.4. The average molecular weight is 225 g/mol. The predicted molar refractivity (Wildman–Crippen MR) is 68.5 cm³/mol. The summed E-state index contributed by atoms with van der Waals surface area (Å²) in [6, 6.07) is 0.668. The molecule has 0 amide bonds. The van der Waals surface area contributed by atoms with Crippen LogP contribution in [0.3, 0.4) is 0 Å². The molecule has 1 aliphatic heterocycles. The quantitative estimate of drug-likeness (QED) is 0.779. The van der Waals surface area contributed by atoms with Crippen LogP contribution < -0.4 is 5.73 Å². The van der Waals surface area contributed by atoms with E-state index in [-0.39, 0.29) is 0 Å². The molecule has 0 bridgehead atoms. The third-order valence-corrected chi connectivity index (χ3v) is 4.51. The molecule has 1 heterocycles. The molecule has 1 saturated heterocycles. The average Bonchev–Trinajstić information content (AvgIpc) is 2.85. The number of likely N-dealkylation sites (N-methyl/N-ethyl adjacent to an activating group) is 1. The van der Waals surface area contributed by atoms with Gasteiger partial charge in [0, 0.05) is 38.8 Å². The fourth-order valence-electron chi connectivity index (χ4n) is 3.39. The van der Waals surface area contributed by atoms with E-state index in [1.807, 2.05) is 0 Å². The number of nitrogens with two attached hydrogens (primary N) is 1. The van der Waals surface area contributed by atoms with Gasteiger partial charge in [0.25, 0.3) is 0 Å². The second-order valence-corrected chi connectivity index (χ2v) is 5.32. The van der Waals surface area contributed by atoms with E-state index in [2.05, 4.69) is 16.7 Å². The van der Waals surface area contributed by atoms with Crippen molar-refractivity contribution in [3.05, 3.63) is 0 Å². The molecular formula is C13H27N3. The molecule has 0 radical (unpaired) electrons. The van der Waals surface area contributed by atoms with Crippen LogP contribution in [-0.4, -0.2) is 55.1 Å². The second kappa shape index (κ2) is 5.99. The first kappa shape index (κ1) is 12.3. The predicted octanol–water partition coefficient (Wildman–Crippen LogP) is 1.14. The molecule has 2 aliphatic rings. The Kier molecular flexibility index (Phi) is 4.62. The van der Waals surface area contributed by atoms with Crippen molar-refractivity contribution in [2.75, 3.05) is 39.3 Å². The third kappa shape index (κ3) is 2.76. The lowest BCUT2D eigenvalue weighted by Gasteiger charge is -2.41. The lowest BCUT2D eigenvalue weighted by atomic mass is 9.96. The minimum Gasteiger partial charge on any atom is -0.329 e. The standard InChI is InChI=1S/C13H27N3/c1-2-15-7-9-16(10-8-15)13(11-14)12-5-3-4-6-12/h12-13H,2-11,14H2,1H3. The Morgan fingerprint density at radius 1 is 1.12 bits per heavy atom. The van der Waals surface area contributed by atoms with Crippen molar-refractivity contribution < 1.29 is 0 Å². The van der Waals surface area contributed by atoms with Crippen LogP contribution in [0.1, 0.15) is 32.6 Å². The van der Waals surface area contributed by atoms with Crippen LogP contribution in [0.2, 0.25) is 0 Å². The highest BCUT2D eigenvalue weighted by atomic mass is 15.3.